The number of nitrogens with zero attached hydrogens (tertiary/aromatic N) is 3. The number of fused-ring (bicyclic) bond motifs is 1. The first-order valence-electron chi connectivity index (χ1n) is 9.50. The molecule has 1 aromatic heterocycles. The summed E-state index contributed by atoms with van der Waals surface area (Å²) >= 11 is 6.43. The molecular formula is C23H18ClN3O3. The van der Waals surface area contributed by atoms with Crippen LogP contribution in [0.2, 0.25) is 5.02 Å². The van der Waals surface area contributed by atoms with Gasteiger partial charge in [-0.15, -0.1) is 5.10 Å². The minimum absolute atomic E-state index is 0.262. The van der Waals surface area contributed by atoms with Crippen molar-refractivity contribution in [3.63, 3.8) is 0 Å². The summed E-state index contributed by atoms with van der Waals surface area (Å²) in [5.74, 6) is 2.16. The van der Waals surface area contributed by atoms with Crippen LogP contribution in [0.15, 0.2) is 72.9 Å². The normalized spacial score (nSPS) is 12.2. The molecule has 0 spiro atoms. The first-order chi connectivity index (χ1) is 14.7. The van der Waals surface area contributed by atoms with Crippen molar-refractivity contribution in [1.82, 2.24) is 15.0 Å². The van der Waals surface area contributed by atoms with E-state index in [9.17, 15) is 0 Å². The van der Waals surface area contributed by atoms with Crippen LogP contribution in [-0.4, -0.2) is 21.8 Å². The summed E-state index contributed by atoms with van der Waals surface area (Å²) < 4.78 is 18.4. The predicted octanol–water partition coefficient (Wildman–Crippen LogP) is 4.95. The van der Waals surface area contributed by atoms with E-state index < -0.39 is 0 Å². The fourth-order valence-electron chi connectivity index (χ4n) is 3.25. The molecule has 0 N–H and O–H groups in total. The highest BCUT2D eigenvalue weighted by atomic mass is 35.5. The molecule has 150 valence electrons. The van der Waals surface area contributed by atoms with Gasteiger partial charge in [0.1, 0.15) is 18.1 Å². The van der Waals surface area contributed by atoms with Crippen LogP contribution in [0.25, 0.3) is 11.3 Å². The van der Waals surface area contributed by atoms with Crippen molar-refractivity contribution >= 4 is 11.6 Å². The van der Waals surface area contributed by atoms with Crippen LogP contribution in [0, 0.1) is 0 Å². The molecule has 6 nitrogen and oxygen atoms in total. The second-order valence-corrected chi connectivity index (χ2v) is 7.32. The van der Waals surface area contributed by atoms with E-state index >= 15 is 0 Å². The van der Waals surface area contributed by atoms with Gasteiger partial charge in [-0.1, -0.05) is 53.2 Å². The predicted molar refractivity (Wildman–Crippen MR) is 113 cm³/mol. The fraction of sp³-hybridized carbons (Fsp3) is 0.130. The third-order valence-corrected chi connectivity index (χ3v) is 5.08. The van der Waals surface area contributed by atoms with Gasteiger partial charge in [-0.05, 0) is 41.5 Å². The summed E-state index contributed by atoms with van der Waals surface area (Å²) in [6.07, 6.45) is 1.89. The van der Waals surface area contributed by atoms with Gasteiger partial charge in [0.2, 0.25) is 6.79 Å². The first-order valence-corrected chi connectivity index (χ1v) is 9.88. The molecule has 0 aliphatic carbocycles. The number of ether oxygens (including phenoxy) is 3. The van der Waals surface area contributed by atoms with Gasteiger partial charge in [-0.3, -0.25) is 0 Å². The van der Waals surface area contributed by atoms with E-state index in [1.807, 2.05) is 72.9 Å². The molecule has 1 aliphatic rings. The van der Waals surface area contributed by atoms with E-state index in [1.165, 1.54) is 0 Å². The van der Waals surface area contributed by atoms with Gasteiger partial charge in [0.15, 0.2) is 11.5 Å². The zero-order chi connectivity index (χ0) is 20.3. The maximum Gasteiger partial charge on any atom is 0.231 e. The summed E-state index contributed by atoms with van der Waals surface area (Å²) in [6, 6.07) is 21.5. The van der Waals surface area contributed by atoms with E-state index in [1.54, 1.807) is 4.68 Å². The average Bonchev–Trinajstić information content (AvgIpc) is 3.43. The molecule has 0 saturated heterocycles. The second-order valence-electron chi connectivity index (χ2n) is 6.91. The SMILES string of the molecule is Clc1cc(-c2cn(Cc3ccc4c(c3)OCO4)nn2)ccc1OCc1ccccc1. The van der Waals surface area contributed by atoms with E-state index in [-0.39, 0.29) is 6.79 Å². The average molecular weight is 420 g/mol. The fourth-order valence-corrected chi connectivity index (χ4v) is 3.48. The quantitative estimate of drug-likeness (QED) is 0.442. The Morgan fingerprint density at radius 1 is 0.933 bits per heavy atom. The lowest BCUT2D eigenvalue weighted by Crippen LogP contribution is -2.00. The lowest BCUT2D eigenvalue weighted by atomic mass is 10.1. The van der Waals surface area contributed by atoms with E-state index in [0.29, 0.717) is 23.9 Å². The maximum absolute atomic E-state index is 6.43. The van der Waals surface area contributed by atoms with Crippen LogP contribution >= 0.6 is 11.6 Å². The number of aromatic nitrogens is 3. The zero-order valence-electron chi connectivity index (χ0n) is 16.0. The maximum atomic E-state index is 6.43. The third-order valence-electron chi connectivity index (χ3n) is 4.79. The summed E-state index contributed by atoms with van der Waals surface area (Å²) in [4.78, 5) is 0. The minimum Gasteiger partial charge on any atom is -0.487 e. The molecule has 0 fully saturated rings. The van der Waals surface area contributed by atoms with Gasteiger partial charge in [-0.25, -0.2) is 4.68 Å². The lowest BCUT2D eigenvalue weighted by Gasteiger charge is -2.09. The highest BCUT2D eigenvalue weighted by molar-refractivity contribution is 6.32. The van der Waals surface area contributed by atoms with Crippen molar-refractivity contribution in [2.24, 2.45) is 0 Å². The number of rotatable bonds is 6. The molecule has 4 aromatic rings. The van der Waals surface area contributed by atoms with Crippen LogP contribution in [0.1, 0.15) is 11.1 Å². The molecule has 7 heteroatoms. The summed E-state index contributed by atoms with van der Waals surface area (Å²) in [6.45, 7) is 1.30. The molecule has 0 bridgehead atoms. The molecule has 5 rings (SSSR count). The van der Waals surface area contributed by atoms with E-state index in [0.717, 1.165) is 33.9 Å². The Hall–Kier alpha value is -3.51. The summed E-state index contributed by atoms with van der Waals surface area (Å²) in [5, 5.41) is 9.04. The molecule has 0 saturated carbocycles. The number of benzene rings is 3. The van der Waals surface area contributed by atoms with Crippen molar-refractivity contribution in [2.75, 3.05) is 6.79 Å². The number of hydrogen-bond donors (Lipinski definition) is 0. The Bertz CT molecular complexity index is 1180. The highest BCUT2D eigenvalue weighted by Crippen LogP contribution is 2.33. The molecule has 0 amide bonds. The second kappa shape index (κ2) is 8.08. The topological polar surface area (TPSA) is 58.4 Å². The van der Waals surface area contributed by atoms with Crippen LogP contribution in [0.3, 0.4) is 0 Å². The monoisotopic (exact) mass is 419 g/mol. The lowest BCUT2D eigenvalue weighted by molar-refractivity contribution is 0.174. The van der Waals surface area contributed by atoms with Crippen molar-refractivity contribution in [1.29, 1.82) is 0 Å². The summed E-state index contributed by atoms with van der Waals surface area (Å²) in [5.41, 5.74) is 3.76. The van der Waals surface area contributed by atoms with Crippen LogP contribution in [0.4, 0.5) is 0 Å². The van der Waals surface area contributed by atoms with Gasteiger partial charge < -0.3 is 14.2 Å². The molecular weight excluding hydrogens is 402 g/mol. The summed E-state index contributed by atoms with van der Waals surface area (Å²) in [7, 11) is 0. The van der Waals surface area contributed by atoms with Crippen molar-refractivity contribution in [3.8, 4) is 28.5 Å². The van der Waals surface area contributed by atoms with Crippen LogP contribution in [-0.2, 0) is 13.2 Å². The molecule has 0 atom stereocenters. The molecule has 3 aromatic carbocycles. The molecule has 2 heterocycles. The van der Waals surface area contributed by atoms with Crippen molar-refractivity contribution in [2.45, 2.75) is 13.2 Å². The first kappa shape index (κ1) is 18.5. The Labute approximate surface area is 178 Å². The highest BCUT2D eigenvalue weighted by Gasteiger charge is 2.14. The van der Waals surface area contributed by atoms with E-state index in [4.69, 9.17) is 25.8 Å². The Morgan fingerprint density at radius 3 is 2.67 bits per heavy atom. The molecule has 30 heavy (non-hydrogen) atoms. The van der Waals surface area contributed by atoms with Gasteiger partial charge in [0, 0.05) is 5.56 Å². The van der Waals surface area contributed by atoms with E-state index in [2.05, 4.69) is 10.3 Å². The van der Waals surface area contributed by atoms with Gasteiger partial charge in [0.25, 0.3) is 0 Å². The van der Waals surface area contributed by atoms with Crippen LogP contribution < -0.4 is 14.2 Å². The molecule has 1 aliphatic heterocycles. The molecule has 0 radical (unpaired) electrons. The van der Waals surface area contributed by atoms with Crippen LogP contribution in [0.5, 0.6) is 17.2 Å². The number of halogens is 1. The number of hydrogen-bond acceptors (Lipinski definition) is 5. The van der Waals surface area contributed by atoms with Crippen molar-refractivity contribution in [3.05, 3.63) is 89.1 Å². The Kier molecular flexibility index (Phi) is 4.99. The van der Waals surface area contributed by atoms with Crippen molar-refractivity contribution < 1.29 is 14.2 Å². The Balaban J connectivity index is 1.28. The van der Waals surface area contributed by atoms with Gasteiger partial charge in [-0.2, -0.15) is 0 Å². The van der Waals surface area contributed by atoms with Gasteiger partial charge in [0.05, 0.1) is 17.8 Å². The smallest absolute Gasteiger partial charge is 0.231 e. The standard InChI is InChI=1S/C23H18ClN3O3/c24-19-11-18(7-9-21(19)28-14-16-4-2-1-3-5-16)20-13-27(26-25-20)12-17-6-8-22-23(10-17)30-15-29-22/h1-11,13H,12,14-15H2. The Morgan fingerprint density at radius 2 is 1.80 bits per heavy atom. The van der Waals surface area contributed by atoms with Gasteiger partial charge >= 0.3 is 0 Å². The largest absolute Gasteiger partial charge is 0.487 e. The minimum atomic E-state index is 0.262. The molecule has 0 unspecified atom stereocenters. The zero-order valence-corrected chi connectivity index (χ0v) is 16.7. The third kappa shape index (κ3) is 3.95.